The Kier molecular flexibility index (Phi) is 4.47. The summed E-state index contributed by atoms with van der Waals surface area (Å²) in [7, 11) is 3.60. The maximum absolute atomic E-state index is 13.0. The number of benzene rings is 1. The number of aromatic amines is 1. The monoisotopic (exact) mass is 353 g/mol. The van der Waals surface area contributed by atoms with E-state index < -0.39 is 0 Å². The van der Waals surface area contributed by atoms with Crippen LogP contribution in [0.5, 0.6) is 0 Å². The lowest BCUT2D eigenvalue weighted by atomic mass is 9.94. The minimum absolute atomic E-state index is 0.0493. The number of likely N-dealkylation sites (tertiary alicyclic amines) is 1. The van der Waals surface area contributed by atoms with Gasteiger partial charge in [-0.3, -0.25) is 9.59 Å². The van der Waals surface area contributed by atoms with E-state index in [1.807, 2.05) is 17.0 Å². The van der Waals surface area contributed by atoms with Crippen LogP contribution in [0.1, 0.15) is 47.3 Å². The molecule has 0 spiro atoms. The highest BCUT2D eigenvalue weighted by Gasteiger charge is 2.29. The number of fused-ring (bicyclic) bond motifs is 3. The minimum Gasteiger partial charge on any atom is -0.358 e. The van der Waals surface area contributed by atoms with Crippen LogP contribution in [0.3, 0.4) is 0 Å². The van der Waals surface area contributed by atoms with Crippen molar-refractivity contribution < 1.29 is 9.59 Å². The molecule has 1 aromatic heterocycles. The largest absolute Gasteiger partial charge is 0.358 e. The third kappa shape index (κ3) is 3.00. The van der Waals surface area contributed by atoms with E-state index in [0.717, 1.165) is 36.8 Å². The number of nitrogens with zero attached hydrogens (tertiary/aromatic N) is 2. The first kappa shape index (κ1) is 17.1. The van der Waals surface area contributed by atoms with Crippen molar-refractivity contribution in [1.82, 2.24) is 14.8 Å². The zero-order chi connectivity index (χ0) is 18.3. The van der Waals surface area contributed by atoms with Crippen LogP contribution in [-0.2, 0) is 17.6 Å². The average molecular weight is 353 g/mol. The molecule has 1 aliphatic heterocycles. The van der Waals surface area contributed by atoms with E-state index in [1.165, 1.54) is 29.5 Å². The Bertz CT molecular complexity index is 844. The number of carbonyl (C=O) groups excluding carboxylic acids is 2. The van der Waals surface area contributed by atoms with Crippen LogP contribution in [0, 0.1) is 5.92 Å². The molecule has 5 heteroatoms. The molecular weight excluding hydrogens is 326 g/mol. The third-order valence-corrected chi connectivity index (χ3v) is 5.92. The maximum Gasteiger partial charge on any atom is 0.253 e. The first-order valence-corrected chi connectivity index (χ1v) is 9.68. The smallest absolute Gasteiger partial charge is 0.253 e. The third-order valence-electron chi connectivity index (χ3n) is 5.92. The molecule has 2 aliphatic rings. The van der Waals surface area contributed by atoms with Crippen molar-refractivity contribution in [3.63, 3.8) is 0 Å². The maximum atomic E-state index is 13.0. The molecule has 26 heavy (non-hydrogen) atoms. The summed E-state index contributed by atoms with van der Waals surface area (Å²) >= 11 is 0. The predicted molar refractivity (Wildman–Crippen MR) is 102 cm³/mol. The Morgan fingerprint density at radius 2 is 1.85 bits per heavy atom. The Balaban J connectivity index is 1.51. The van der Waals surface area contributed by atoms with Crippen molar-refractivity contribution in [2.45, 2.75) is 38.5 Å². The van der Waals surface area contributed by atoms with Crippen molar-refractivity contribution in [2.24, 2.45) is 5.92 Å². The van der Waals surface area contributed by atoms with E-state index in [0.29, 0.717) is 13.1 Å². The molecule has 2 aromatic rings. The van der Waals surface area contributed by atoms with Gasteiger partial charge in [-0.05, 0) is 62.3 Å². The lowest BCUT2D eigenvalue weighted by molar-refractivity contribution is -0.134. The number of aromatic nitrogens is 1. The number of rotatable bonds is 2. The second-order valence-corrected chi connectivity index (χ2v) is 7.85. The molecule has 2 amide bonds. The van der Waals surface area contributed by atoms with Crippen molar-refractivity contribution >= 4 is 22.7 Å². The van der Waals surface area contributed by atoms with Gasteiger partial charge in [-0.2, -0.15) is 0 Å². The van der Waals surface area contributed by atoms with Crippen LogP contribution in [0.15, 0.2) is 18.2 Å². The summed E-state index contributed by atoms with van der Waals surface area (Å²) in [5.41, 5.74) is 4.65. The van der Waals surface area contributed by atoms with Crippen LogP contribution in [-0.4, -0.2) is 53.8 Å². The van der Waals surface area contributed by atoms with Gasteiger partial charge in [0.05, 0.1) is 0 Å². The zero-order valence-electron chi connectivity index (χ0n) is 15.7. The molecule has 0 radical (unpaired) electrons. The molecule has 1 N–H and O–H groups in total. The Morgan fingerprint density at radius 1 is 1.12 bits per heavy atom. The predicted octanol–water partition coefficient (Wildman–Crippen LogP) is 2.99. The average Bonchev–Trinajstić information content (AvgIpc) is 3.04. The molecule has 138 valence electrons. The molecule has 1 aliphatic carbocycles. The van der Waals surface area contributed by atoms with Gasteiger partial charge in [-0.25, -0.2) is 0 Å². The van der Waals surface area contributed by atoms with Crippen LogP contribution >= 0.6 is 0 Å². The van der Waals surface area contributed by atoms with Gasteiger partial charge in [-0.15, -0.1) is 0 Å². The van der Waals surface area contributed by atoms with E-state index in [-0.39, 0.29) is 17.7 Å². The molecule has 1 saturated heterocycles. The summed E-state index contributed by atoms with van der Waals surface area (Å²) in [6.45, 7) is 1.32. The molecule has 2 heterocycles. The number of aryl methyl sites for hydroxylation is 2. The van der Waals surface area contributed by atoms with Gasteiger partial charge in [0.15, 0.2) is 0 Å². The summed E-state index contributed by atoms with van der Waals surface area (Å²) in [4.78, 5) is 32.2. The van der Waals surface area contributed by atoms with E-state index in [4.69, 9.17) is 0 Å². The summed E-state index contributed by atoms with van der Waals surface area (Å²) in [5, 5.41) is 1.21. The molecule has 4 rings (SSSR count). The number of hydrogen-bond acceptors (Lipinski definition) is 2. The first-order valence-electron chi connectivity index (χ1n) is 9.68. The highest BCUT2D eigenvalue weighted by Crippen LogP contribution is 2.30. The summed E-state index contributed by atoms with van der Waals surface area (Å²) in [5.74, 6) is 0.319. The molecular formula is C21H27N3O2. The van der Waals surface area contributed by atoms with E-state index in [2.05, 4.69) is 11.1 Å². The SMILES string of the molecule is CN(C)C(=O)C1CCN(C(=O)c2ccc3[nH]c4c(c3c2)CCCC4)CC1. The standard InChI is InChI=1S/C21H27N3O2/c1-23(2)20(25)14-9-11-24(12-10-14)21(26)15-7-8-19-17(13-15)16-5-3-4-6-18(16)22-19/h7-8,13-14,22H,3-6,9-12H2,1-2H3. The molecule has 1 fully saturated rings. The molecule has 0 unspecified atom stereocenters. The number of H-pyrrole nitrogens is 1. The molecule has 0 saturated carbocycles. The normalized spacial score (nSPS) is 18.0. The molecule has 5 nitrogen and oxygen atoms in total. The van der Waals surface area contributed by atoms with E-state index >= 15 is 0 Å². The van der Waals surface area contributed by atoms with Gasteiger partial charge in [0, 0.05) is 55.3 Å². The van der Waals surface area contributed by atoms with Gasteiger partial charge in [0.25, 0.3) is 5.91 Å². The first-order chi connectivity index (χ1) is 12.5. The quantitative estimate of drug-likeness (QED) is 0.902. The topological polar surface area (TPSA) is 56.4 Å². The minimum atomic E-state index is 0.0493. The highest BCUT2D eigenvalue weighted by atomic mass is 16.2. The van der Waals surface area contributed by atoms with Crippen LogP contribution in [0.4, 0.5) is 0 Å². The van der Waals surface area contributed by atoms with Crippen molar-refractivity contribution in [1.29, 1.82) is 0 Å². The lowest BCUT2D eigenvalue weighted by Crippen LogP contribution is -2.42. The van der Waals surface area contributed by atoms with Gasteiger partial charge in [-0.1, -0.05) is 0 Å². The summed E-state index contributed by atoms with van der Waals surface area (Å²) in [6, 6.07) is 6.04. The fourth-order valence-electron chi connectivity index (χ4n) is 4.42. The number of nitrogens with one attached hydrogen (secondary N) is 1. The Labute approximate surface area is 154 Å². The van der Waals surface area contributed by atoms with Gasteiger partial charge in [0.2, 0.25) is 5.91 Å². The highest BCUT2D eigenvalue weighted by molar-refractivity contribution is 5.99. The number of carbonyl (C=O) groups is 2. The number of amides is 2. The van der Waals surface area contributed by atoms with Crippen molar-refractivity contribution in [3.8, 4) is 0 Å². The zero-order valence-corrected chi connectivity index (χ0v) is 15.7. The van der Waals surface area contributed by atoms with Crippen LogP contribution in [0.25, 0.3) is 10.9 Å². The van der Waals surface area contributed by atoms with Gasteiger partial charge >= 0.3 is 0 Å². The van der Waals surface area contributed by atoms with E-state index in [1.54, 1.807) is 19.0 Å². The Hall–Kier alpha value is -2.30. The van der Waals surface area contributed by atoms with Crippen LogP contribution in [0.2, 0.25) is 0 Å². The fraction of sp³-hybridized carbons (Fsp3) is 0.524. The molecule has 0 bridgehead atoms. The Morgan fingerprint density at radius 3 is 2.58 bits per heavy atom. The molecule has 1 aromatic carbocycles. The van der Waals surface area contributed by atoms with Gasteiger partial charge in [0.1, 0.15) is 0 Å². The fourth-order valence-corrected chi connectivity index (χ4v) is 4.42. The second-order valence-electron chi connectivity index (χ2n) is 7.85. The number of piperidine rings is 1. The lowest BCUT2D eigenvalue weighted by Gasteiger charge is -2.32. The molecule has 0 atom stereocenters. The van der Waals surface area contributed by atoms with Crippen LogP contribution < -0.4 is 0 Å². The van der Waals surface area contributed by atoms with Gasteiger partial charge < -0.3 is 14.8 Å². The summed E-state index contributed by atoms with van der Waals surface area (Å²) < 4.78 is 0. The number of hydrogen-bond donors (Lipinski definition) is 1. The summed E-state index contributed by atoms with van der Waals surface area (Å²) in [6.07, 6.45) is 6.19. The van der Waals surface area contributed by atoms with Crippen molar-refractivity contribution in [3.05, 3.63) is 35.0 Å². The van der Waals surface area contributed by atoms with Crippen molar-refractivity contribution in [2.75, 3.05) is 27.2 Å². The van der Waals surface area contributed by atoms with E-state index in [9.17, 15) is 9.59 Å². The second kappa shape index (κ2) is 6.78.